The molecule has 0 aliphatic carbocycles. The van der Waals surface area contributed by atoms with Gasteiger partial charge in [-0.3, -0.25) is 0 Å². The van der Waals surface area contributed by atoms with Gasteiger partial charge in [0.15, 0.2) is 0 Å². The Morgan fingerprint density at radius 2 is 1.75 bits per heavy atom. The minimum absolute atomic E-state index is 0.264. The van der Waals surface area contributed by atoms with Crippen molar-refractivity contribution in [2.24, 2.45) is 0 Å². The van der Waals surface area contributed by atoms with E-state index in [1.165, 1.54) is 12.1 Å². The average molecular weight is 355 g/mol. The summed E-state index contributed by atoms with van der Waals surface area (Å²) in [6, 6.07) is 5.92. The van der Waals surface area contributed by atoms with Crippen LogP contribution in [0.5, 0.6) is 0 Å². The van der Waals surface area contributed by atoms with E-state index in [0.717, 1.165) is 0 Å². The SMILES string of the molecule is CNCC(=Cc1ccccc1S(=O)(=O)F)B1OC(C)(C)C(C)(C)O1. The molecule has 0 bridgehead atoms. The largest absolute Gasteiger partial charge is 0.491 e. The van der Waals surface area contributed by atoms with Gasteiger partial charge in [-0.2, -0.15) is 8.42 Å². The Morgan fingerprint density at radius 3 is 2.25 bits per heavy atom. The Balaban J connectivity index is 2.45. The van der Waals surface area contributed by atoms with Gasteiger partial charge in [0.1, 0.15) is 4.90 Å². The molecular formula is C16H23BFNO4S. The summed E-state index contributed by atoms with van der Waals surface area (Å²) < 4.78 is 48.2. The quantitative estimate of drug-likeness (QED) is 0.650. The van der Waals surface area contributed by atoms with Gasteiger partial charge < -0.3 is 14.6 Å². The van der Waals surface area contributed by atoms with Crippen LogP contribution in [0, 0.1) is 0 Å². The van der Waals surface area contributed by atoms with Crippen molar-refractivity contribution >= 4 is 23.4 Å². The average Bonchev–Trinajstić information content (AvgIpc) is 2.66. The Labute approximate surface area is 143 Å². The zero-order valence-electron chi connectivity index (χ0n) is 14.6. The zero-order chi connectivity index (χ0) is 18.2. The lowest BCUT2D eigenvalue weighted by molar-refractivity contribution is 0.00578. The summed E-state index contributed by atoms with van der Waals surface area (Å²) in [7, 11) is -3.69. The number of rotatable bonds is 5. The Hall–Kier alpha value is -1.22. The molecule has 1 fully saturated rings. The van der Waals surface area contributed by atoms with Crippen molar-refractivity contribution in [1.82, 2.24) is 5.32 Å². The molecular weight excluding hydrogens is 332 g/mol. The van der Waals surface area contributed by atoms with E-state index in [1.807, 2.05) is 27.7 Å². The number of halogens is 1. The second kappa shape index (κ2) is 6.59. The second-order valence-electron chi connectivity index (χ2n) is 6.81. The molecule has 8 heteroatoms. The van der Waals surface area contributed by atoms with E-state index >= 15 is 0 Å². The minimum atomic E-state index is -4.81. The molecule has 1 aromatic carbocycles. The van der Waals surface area contributed by atoms with Crippen molar-refractivity contribution in [3.05, 3.63) is 35.3 Å². The summed E-state index contributed by atoms with van der Waals surface area (Å²) in [5.41, 5.74) is -0.0842. The number of likely N-dealkylation sites (N-methyl/N-ethyl adjacent to an activating group) is 1. The zero-order valence-corrected chi connectivity index (χ0v) is 15.4. The van der Waals surface area contributed by atoms with Crippen molar-refractivity contribution in [2.75, 3.05) is 13.6 Å². The van der Waals surface area contributed by atoms with E-state index < -0.39 is 28.5 Å². The highest BCUT2D eigenvalue weighted by Crippen LogP contribution is 2.39. The summed E-state index contributed by atoms with van der Waals surface area (Å²) in [4.78, 5) is -0.366. The maximum Gasteiger partial charge on any atom is 0.491 e. The summed E-state index contributed by atoms with van der Waals surface area (Å²) in [5.74, 6) is 0. The van der Waals surface area contributed by atoms with E-state index in [4.69, 9.17) is 9.31 Å². The van der Waals surface area contributed by atoms with E-state index in [2.05, 4.69) is 5.32 Å². The van der Waals surface area contributed by atoms with Crippen LogP contribution in [0.1, 0.15) is 33.3 Å². The van der Waals surface area contributed by atoms with Crippen molar-refractivity contribution in [2.45, 2.75) is 43.8 Å². The van der Waals surface area contributed by atoms with E-state index in [9.17, 15) is 12.3 Å². The van der Waals surface area contributed by atoms with Crippen molar-refractivity contribution in [3.8, 4) is 0 Å². The van der Waals surface area contributed by atoms with Gasteiger partial charge in [0, 0.05) is 6.54 Å². The first-order chi connectivity index (χ1) is 11.0. The van der Waals surface area contributed by atoms with Gasteiger partial charge in [-0.1, -0.05) is 24.3 Å². The predicted octanol–water partition coefficient (Wildman–Crippen LogP) is 2.58. The van der Waals surface area contributed by atoms with Crippen LogP contribution in [-0.4, -0.2) is 40.3 Å². The molecule has 1 aliphatic rings. The number of benzene rings is 1. The van der Waals surface area contributed by atoms with Crippen molar-refractivity contribution < 1.29 is 21.6 Å². The molecule has 0 atom stereocenters. The fraction of sp³-hybridized carbons (Fsp3) is 0.500. The van der Waals surface area contributed by atoms with Crippen LogP contribution in [0.3, 0.4) is 0 Å². The summed E-state index contributed by atoms with van der Waals surface area (Å²) in [5, 5.41) is 3.01. The summed E-state index contributed by atoms with van der Waals surface area (Å²) in [6.45, 7) is 8.15. The van der Waals surface area contributed by atoms with Gasteiger partial charge >= 0.3 is 17.3 Å². The van der Waals surface area contributed by atoms with Crippen LogP contribution >= 0.6 is 0 Å². The number of hydrogen-bond acceptors (Lipinski definition) is 5. The molecule has 0 saturated carbocycles. The van der Waals surface area contributed by atoms with E-state index in [1.54, 1.807) is 25.3 Å². The molecule has 0 unspecified atom stereocenters. The molecule has 0 aromatic heterocycles. The van der Waals surface area contributed by atoms with Crippen LogP contribution in [-0.2, 0) is 19.5 Å². The first kappa shape index (κ1) is 19.1. The summed E-state index contributed by atoms with van der Waals surface area (Å²) in [6.07, 6.45) is 1.60. The van der Waals surface area contributed by atoms with Crippen LogP contribution in [0.2, 0.25) is 0 Å². The van der Waals surface area contributed by atoms with Crippen molar-refractivity contribution in [3.63, 3.8) is 0 Å². The van der Waals surface area contributed by atoms with E-state index in [0.29, 0.717) is 12.0 Å². The molecule has 132 valence electrons. The van der Waals surface area contributed by atoms with Crippen LogP contribution in [0.15, 0.2) is 34.6 Å². The molecule has 1 aromatic rings. The third-order valence-electron chi connectivity index (χ3n) is 4.46. The lowest BCUT2D eigenvalue weighted by Crippen LogP contribution is -2.41. The van der Waals surface area contributed by atoms with Gasteiger partial charge in [-0.25, -0.2) is 0 Å². The van der Waals surface area contributed by atoms with Crippen molar-refractivity contribution in [1.29, 1.82) is 0 Å². The van der Waals surface area contributed by atoms with Gasteiger partial charge in [-0.15, -0.1) is 3.89 Å². The smallest absolute Gasteiger partial charge is 0.400 e. The topological polar surface area (TPSA) is 64.6 Å². The highest BCUT2D eigenvalue weighted by molar-refractivity contribution is 7.86. The number of hydrogen-bond donors (Lipinski definition) is 1. The monoisotopic (exact) mass is 355 g/mol. The van der Waals surface area contributed by atoms with Crippen LogP contribution < -0.4 is 5.32 Å². The molecule has 0 radical (unpaired) electrons. The Morgan fingerprint density at radius 1 is 1.21 bits per heavy atom. The summed E-state index contributed by atoms with van der Waals surface area (Å²) >= 11 is 0. The highest BCUT2D eigenvalue weighted by Gasteiger charge is 2.52. The standard InChI is InChI=1S/C16H23BFNO4S/c1-15(2)16(3,4)23-17(22-15)13(11-19-5)10-12-8-6-7-9-14(12)24(18,20)21/h6-10,19H,11H2,1-5H3. The third kappa shape index (κ3) is 3.88. The van der Waals surface area contributed by atoms with Gasteiger partial charge in [0.05, 0.1) is 11.2 Å². The molecule has 5 nitrogen and oxygen atoms in total. The first-order valence-electron chi connectivity index (χ1n) is 7.72. The van der Waals surface area contributed by atoms with Gasteiger partial charge in [0.2, 0.25) is 0 Å². The molecule has 1 N–H and O–H groups in total. The highest BCUT2D eigenvalue weighted by atomic mass is 32.3. The molecule has 1 heterocycles. The fourth-order valence-electron chi connectivity index (χ4n) is 2.42. The van der Waals surface area contributed by atoms with E-state index in [-0.39, 0.29) is 10.5 Å². The molecule has 0 spiro atoms. The maximum absolute atomic E-state index is 13.5. The third-order valence-corrected chi connectivity index (χ3v) is 5.36. The Bertz CT molecular complexity index is 730. The van der Waals surface area contributed by atoms with Gasteiger partial charge in [-0.05, 0) is 51.8 Å². The van der Waals surface area contributed by atoms with Gasteiger partial charge in [0.25, 0.3) is 0 Å². The van der Waals surface area contributed by atoms with Crippen LogP contribution in [0.25, 0.3) is 6.08 Å². The molecule has 1 aliphatic heterocycles. The fourth-order valence-corrected chi connectivity index (χ4v) is 3.07. The lowest BCUT2D eigenvalue weighted by atomic mass is 9.77. The predicted molar refractivity (Wildman–Crippen MR) is 92.7 cm³/mol. The normalized spacial score (nSPS) is 20.4. The molecule has 0 amide bonds. The lowest BCUT2D eigenvalue weighted by Gasteiger charge is -2.32. The minimum Gasteiger partial charge on any atom is -0.400 e. The molecule has 24 heavy (non-hydrogen) atoms. The molecule has 2 rings (SSSR count). The molecule has 1 saturated heterocycles. The van der Waals surface area contributed by atoms with Crippen LogP contribution in [0.4, 0.5) is 3.89 Å². The maximum atomic E-state index is 13.5. The number of nitrogens with one attached hydrogen (secondary N) is 1. The second-order valence-corrected chi connectivity index (χ2v) is 8.13. The Kier molecular flexibility index (Phi) is 5.25. The first-order valence-corrected chi connectivity index (χ1v) is 9.11.